The van der Waals surface area contributed by atoms with Crippen molar-refractivity contribution >= 4 is 0 Å². The van der Waals surface area contributed by atoms with Crippen LogP contribution in [0.25, 0.3) is 5.69 Å². The maximum Gasteiger partial charge on any atom is 0.229 e. The molecule has 3 heteroatoms. The van der Waals surface area contributed by atoms with E-state index in [0.717, 1.165) is 5.69 Å². The summed E-state index contributed by atoms with van der Waals surface area (Å²) in [5.41, 5.74) is 2.21. The third-order valence-corrected chi connectivity index (χ3v) is 1.90. The van der Waals surface area contributed by atoms with Gasteiger partial charge < -0.3 is 9.67 Å². The summed E-state index contributed by atoms with van der Waals surface area (Å²) in [5, 5.41) is 9.04. The predicted molar refractivity (Wildman–Crippen MR) is 50.0 cm³/mol. The maximum atomic E-state index is 9.04. The van der Waals surface area contributed by atoms with Gasteiger partial charge >= 0.3 is 0 Å². The Balaban J connectivity index is 2.41. The molecule has 1 aromatic carbocycles. The topological polar surface area (TPSA) is 38.0 Å². The first-order valence-corrected chi connectivity index (χ1v) is 4.06. The van der Waals surface area contributed by atoms with Crippen LogP contribution in [0.3, 0.4) is 0 Å². The van der Waals surface area contributed by atoms with E-state index in [1.165, 1.54) is 5.56 Å². The highest BCUT2D eigenvalue weighted by atomic mass is 16.3. The van der Waals surface area contributed by atoms with Gasteiger partial charge in [-0.3, -0.25) is 0 Å². The second kappa shape index (κ2) is 2.94. The summed E-state index contributed by atoms with van der Waals surface area (Å²) in [7, 11) is 0. The Kier molecular flexibility index (Phi) is 1.77. The van der Waals surface area contributed by atoms with Crippen molar-refractivity contribution < 1.29 is 5.11 Å². The minimum atomic E-state index is 0.0422. The van der Waals surface area contributed by atoms with Crippen molar-refractivity contribution in [3.05, 3.63) is 42.4 Å². The third-order valence-electron chi connectivity index (χ3n) is 1.90. The van der Waals surface area contributed by atoms with Gasteiger partial charge in [0.1, 0.15) is 6.33 Å². The molecule has 0 bridgehead atoms. The van der Waals surface area contributed by atoms with Gasteiger partial charge in [-0.1, -0.05) is 17.7 Å². The van der Waals surface area contributed by atoms with Crippen molar-refractivity contribution in [2.24, 2.45) is 0 Å². The van der Waals surface area contributed by atoms with Gasteiger partial charge in [-0.25, -0.2) is 4.98 Å². The number of imidazole rings is 1. The number of hydrogen-bond donors (Lipinski definition) is 1. The number of aromatic nitrogens is 2. The molecule has 1 heterocycles. The molecule has 0 saturated carbocycles. The quantitative estimate of drug-likeness (QED) is 0.716. The standard InChI is InChI=1S/C10H10N2O/c1-8-2-4-9(5-3-8)12-6-10(13)11-7-12/h2-7,13H,1H3. The molecule has 0 unspecified atom stereocenters. The van der Waals surface area contributed by atoms with E-state index in [9.17, 15) is 0 Å². The fourth-order valence-electron chi connectivity index (χ4n) is 1.17. The van der Waals surface area contributed by atoms with Crippen LogP contribution >= 0.6 is 0 Å². The summed E-state index contributed by atoms with van der Waals surface area (Å²) in [6, 6.07) is 8.01. The van der Waals surface area contributed by atoms with E-state index < -0.39 is 0 Å². The van der Waals surface area contributed by atoms with Crippen LogP contribution in [0.15, 0.2) is 36.8 Å². The minimum absolute atomic E-state index is 0.0422. The van der Waals surface area contributed by atoms with Crippen molar-refractivity contribution in [3.8, 4) is 11.6 Å². The summed E-state index contributed by atoms with van der Waals surface area (Å²) in [6.45, 7) is 2.04. The molecule has 0 saturated heterocycles. The van der Waals surface area contributed by atoms with E-state index in [2.05, 4.69) is 4.98 Å². The maximum absolute atomic E-state index is 9.04. The van der Waals surface area contributed by atoms with Crippen molar-refractivity contribution in [1.82, 2.24) is 9.55 Å². The monoisotopic (exact) mass is 174 g/mol. The van der Waals surface area contributed by atoms with Gasteiger partial charge in [0.05, 0.1) is 6.20 Å². The second-order valence-corrected chi connectivity index (χ2v) is 2.97. The van der Waals surface area contributed by atoms with Crippen LogP contribution in [-0.2, 0) is 0 Å². The number of aryl methyl sites for hydroxylation is 1. The first kappa shape index (κ1) is 7.86. The Morgan fingerprint density at radius 3 is 2.46 bits per heavy atom. The largest absolute Gasteiger partial charge is 0.492 e. The molecular formula is C10H10N2O. The van der Waals surface area contributed by atoms with Crippen molar-refractivity contribution in [1.29, 1.82) is 0 Å². The molecule has 66 valence electrons. The summed E-state index contributed by atoms with van der Waals surface area (Å²) in [4.78, 5) is 3.73. The molecule has 0 aliphatic rings. The van der Waals surface area contributed by atoms with Crippen LogP contribution in [0.4, 0.5) is 0 Å². The molecule has 3 nitrogen and oxygen atoms in total. The van der Waals surface area contributed by atoms with E-state index in [-0.39, 0.29) is 5.88 Å². The van der Waals surface area contributed by atoms with Crippen molar-refractivity contribution in [2.75, 3.05) is 0 Å². The van der Waals surface area contributed by atoms with Gasteiger partial charge in [-0.15, -0.1) is 0 Å². The molecule has 0 atom stereocenters. The van der Waals surface area contributed by atoms with Crippen molar-refractivity contribution in [2.45, 2.75) is 6.92 Å². The van der Waals surface area contributed by atoms with Gasteiger partial charge in [0.2, 0.25) is 5.88 Å². The molecular weight excluding hydrogens is 164 g/mol. The molecule has 0 spiro atoms. The number of hydrogen-bond acceptors (Lipinski definition) is 2. The Labute approximate surface area is 76.3 Å². The van der Waals surface area contributed by atoms with Gasteiger partial charge in [0, 0.05) is 5.69 Å². The highest BCUT2D eigenvalue weighted by molar-refractivity contribution is 5.34. The van der Waals surface area contributed by atoms with Gasteiger partial charge in [-0.05, 0) is 19.1 Å². The minimum Gasteiger partial charge on any atom is -0.492 e. The van der Waals surface area contributed by atoms with Crippen LogP contribution in [0, 0.1) is 6.92 Å². The zero-order chi connectivity index (χ0) is 9.26. The summed E-state index contributed by atoms with van der Waals surface area (Å²) in [6.07, 6.45) is 3.16. The first-order valence-electron chi connectivity index (χ1n) is 4.06. The molecule has 2 aromatic rings. The second-order valence-electron chi connectivity index (χ2n) is 2.97. The Morgan fingerprint density at radius 1 is 1.23 bits per heavy atom. The molecule has 0 fully saturated rings. The van der Waals surface area contributed by atoms with E-state index in [1.807, 2.05) is 31.2 Å². The lowest BCUT2D eigenvalue weighted by molar-refractivity contribution is 0.456. The number of aromatic hydroxyl groups is 1. The van der Waals surface area contributed by atoms with Crippen LogP contribution in [0.5, 0.6) is 5.88 Å². The molecule has 0 aliphatic carbocycles. The molecule has 0 aliphatic heterocycles. The van der Waals surface area contributed by atoms with E-state index in [4.69, 9.17) is 5.11 Å². The molecule has 0 amide bonds. The van der Waals surface area contributed by atoms with E-state index >= 15 is 0 Å². The zero-order valence-electron chi connectivity index (χ0n) is 7.31. The Hall–Kier alpha value is -1.77. The summed E-state index contributed by atoms with van der Waals surface area (Å²) < 4.78 is 1.77. The molecule has 2 rings (SSSR count). The smallest absolute Gasteiger partial charge is 0.229 e. The highest BCUT2D eigenvalue weighted by Gasteiger charge is 1.97. The number of benzene rings is 1. The van der Waals surface area contributed by atoms with Crippen molar-refractivity contribution in [3.63, 3.8) is 0 Å². The van der Waals surface area contributed by atoms with Crippen LogP contribution < -0.4 is 0 Å². The normalized spacial score (nSPS) is 10.2. The van der Waals surface area contributed by atoms with Gasteiger partial charge in [0.15, 0.2) is 0 Å². The van der Waals surface area contributed by atoms with E-state index in [0.29, 0.717) is 0 Å². The fourth-order valence-corrected chi connectivity index (χ4v) is 1.17. The van der Waals surface area contributed by atoms with Crippen LogP contribution in [0.2, 0.25) is 0 Å². The third kappa shape index (κ3) is 1.54. The molecule has 1 N–H and O–H groups in total. The number of rotatable bonds is 1. The average Bonchev–Trinajstić information content (AvgIpc) is 2.53. The summed E-state index contributed by atoms with van der Waals surface area (Å²) in [5.74, 6) is 0.0422. The lowest BCUT2D eigenvalue weighted by atomic mass is 10.2. The van der Waals surface area contributed by atoms with E-state index in [1.54, 1.807) is 17.1 Å². The van der Waals surface area contributed by atoms with Crippen LogP contribution in [-0.4, -0.2) is 14.7 Å². The highest BCUT2D eigenvalue weighted by Crippen LogP contribution is 2.12. The lowest BCUT2D eigenvalue weighted by Crippen LogP contribution is -1.88. The number of nitrogens with zero attached hydrogens (tertiary/aromatic N) is 2. The zero-order valence-corrected chi connectivity index (χ0v) is 7.31. The van der Waals surface area contributed by atoms with Crippen LogP contribution in [0.1, 0.15) is 5.56 Å². The lowest BCUT2D eigenvalue weighted by Gasteiger charge is -2.00. The molecule has 1 aromatic heterocycles. The SMILES string of the molecule is Cc1ccc(-n2cnc(O)c2)cc1. The predicted octanol–water partition coefficient (Wildman–Crippen LogP) is 1.89. The fraction of sp³-hybridized carbons (Fsp3) is 0.100. The average molecular weight is 174 g/mol. The first-order chi connectivity index (χ1) is 6.25. The van der Waals surface area contributed by atoms with Gasteiger partial charge in [-0.2, -0.15) is 0 Å². The Morgan fingerprint density at radius 2 is 1.92 bits per heavy atom. The summed E-state index contributed by atoms with van der Waals surface area (Å²) >= 11 is 0. The van der Waals surface area contributed by atoms with Gasteiger partial charge in [0.25, 0.3) is 0 Å². The Bertz CT molecular complexity index is 403. The molecule has 0 radical (unpaired) electrons. The molecule has 13 heavy (non-hydrogen) atoms.